The topological polar surface area (TPSA) is 48.4 Å². The van der Waals surface area contributed by atoms with Crippen molar-refractivity contribution in [1.29, 1.82) is 0 Å². The van der Waals surface area contributed by atoms with E-state index in [4.69, 9.17) is 9.47 Å². The highest BCUT2D eigenvalue weighted by molar-refractivity contribution is 7.12. The van der Waals surface area contributed by atoms with Gasteiger partial charge in [-0.1, -0.05) is 13.8 Å². The third-order valence-corrected chi connectivity index (χ3v) is 4.28. The zero-order chi connectivity index (χ0) is 13.8. The molecule has 0 unspecified atom stereocenters. The first-order valence-electron chi connectivity index (χ1n) is 6.24. The fraction of sp³-hybridized carbons (Fsp3) is 0.692. The number of aromatic nitrogens is 1. The van der Waals surface area contributed by atoms with E-state index in [1.54, 1.807) is 0 Å². The molecule has 1 rings (SSSR count). The Kier molecular flexibility index (Phi) is 5.28. The summed E-state index contributed by atoms with van der Waals surface area (Å²) < 4.78 is 10.6. The highest BCUT2D eigenvalue weighted by Crippen LogP contribution is 2.36. The summed E-state index contributed by atoms with van der Waals surface area (Å²) in [6.45, 7) is 8.65. The van der Waals surface area contributed by atoms with Crippen LogP contribution in [0.15, 0.2) is 0 Å². The van der Waals surface area contributed by atoms with Gasteiger partial charge in [0.25, 0.3) is 0 Å². The maximum absolute atomic E-state index is 11.6. The quantitative estimate of drug-likeness (QED) is 0.745. The Balaban J connectivity index is 3.18. The summed E-state index contributed by atoms with van der Waals surface area (Å²) >= 11 is 1.52. The maximum Gasteiger partial charge on any atom is 0.357 e. The highest BCUT2D eigenvalue weighted by Gasteiger charge is 2.34. The second kappa shape index (κ2) is 6.29. The normalized spacial score (nSPS) is 11.6. The number of methoxy groups -OCH3 is 1. The molecule has 4 nitrogen and oxygen atoms in total. The van der Waals surface area contributed by atoms with Gasteiger partial charge in [-0.3, -0.25) is 0 Å². The van der Waals surface area contributed by atoms with E-state index in [9.17, 15) is 4.79 Å². The van der Waals surface area contributed by atoms with Crippen LogP contribution in [0.4, 0.5) is 0 Å². The molecule has 102 valence electrons. The Morgan fingerprint density at radius 1 is 1.33 bits per heavy atom. The van der Waals surface area contributed by atoms with E-state index in [1.165, 1.54) is 18.4 Å². The van der Waals surface area contributed by atoms with E-state index >= 15 is 0 Å². The zero-order valence-corrected chi connectivity index (χ0v) is 12.5. The number of hydrogen-bond acceptors (Lipinski definition) is 5. The van der Waals surface area contributed by atoms with Crippen LogP contribution in [0.25, 0.3) is 0 Å². The molecule has 0 fully saturated rings. The number of carbonyl (C=O) groups excluding carboxylic acids is 1. The van der Waals surface area contributed by atoms with E-state index in [0.717, 1.165) is 22.7 Å². The summed E-state index contributed by atoms with van der Waals surface area (Å²) in [5, 5.41) is 0.868. The first-order valence-corrected chi connectivity index (χ1v) is 7.06. The van der Waals surface area contributed by atoms with Gasteiger partial charge in [0, 0.05) is 11.5 Å². The molecule has 0 saturated heterocycles. The first kappa shape index (κ1) is 15.1. The number of carbonyl (C=O) groups is 1. The molecule has 0 spiro atoms. The first-order chi connectivity index (χ1) is 8.54. The Morgan fingerprint density at radius 3 is 2.39 bits per heavy atom. The lowest BCUT2D eigenvalue weighted by molar-refractivity contribution is -0.0507. The number of esters is 1. The Bertz CT molecular complexity index is 410. The number of nitrogens with zero attached hydrogens (tertiary/aromatic N) is 1. The number of rotatable bonds is 6. The van der Waals surface area contributed by atoms with Crippen molar-refractivity contribution in [3.8, 4) is 0 Å². The molecule has 0 aliphatic rings. The van der Waals surface area contributed by atoms with Gasteiger partial charge >= 0.3 is 5.97 Å². The molecule has 0 atom stereocenters. The fourth-order valence-corrected chi connectivity index (χ4v) is 3.16. The lowest BCUT2D eigenvalue weighted by Gasteiger charge is -2.29. The van der Waals surface area contributed by atoms with Crippen LogP contribution in [0.3, 0.4) is 0 Å². The number of aryl methyl sites for hydroxylation is 1. The van der Waals surface area contributed by atoms with Gasteiger partial charge in [-0.25, -0.2) is 9.78 Å². The van der Waals surface area contributed by atoms with Crippen LogP contribution in [0.2, 0.25) is 0 Å². The Labute approximate surface area is 112 Å². The summed E-state index contributed by atoms with van der Waals surface area (Å²) in [5.41, 5.74) is 0.0275. The van der Waals surface area contributed by atoms with Crippen LogP contribution in [0, 0.1) is 6.92 Å². The van der Waals surface area contributed by atoms with Crippen LogP contribution in [0.1, 0.15) is 54.0 Å². The van der Waals surface area contributed by atoms with Gasteiger partial charge in [0.2, 0.25) is 0 Å². The standard InChI is InChI=1S/C13H21NO3S/c1-6-13(7-2,17-8-3)12-14-10(9(4)18-12)11(15)16-5/h6-8H2,1-5H3. The van der Waals surface area contributed by atoms with E-state index in [1.807, 2.05) is 13.8 Å². The van der Waals surface area contributed by atoms with Crippen LogP contribution in [0.5, 0.6) is 0 Å². The van der Waals surface area contributed by atoms with Gasteiger partial charge in [-0.05, 0) is 26.7 Å². The summed E-state index contributed by atoms with van der Waals surface area (Å²) in [6.07, 6.45) is 1.68. The van der Waals surface area contributed by atoms with Crippen LogP contribution >= 0.6 is 11.3 Å². The van der Waals surface area contributed by atoms with Gasteiger partial charge < -0.3 is 9.47 Å². The van der Waals surface area contributed by atoms with E-state index in [-0.39, 0.29) is 11.6 Å². The second-order valence-electron chi connectivity index (χ2n) is 4.05. The van der Waals surface area contributed by atoms with E-state index in [2.05, 4.69) is 18.8 Å². The van der Waals surface area contributed by atoms with E-state index in [0.29, 0.717) is 12.3 Å². The number of ether oxygens (including phenoxy) is 2. The third kappa shape index (κ3) is 2.72. The molecule has 1 aromatic heterocycles. The lowest BCUT2D eigenvalue weighted by Crippen LogP contribution is -2.28. The van der Waals surface area contributed by atoms with Gasteiger partial charge in [0.05, 0.1) is 7.11 Å². The molecular formula is C13H21NO3S. The SMILES string of the molecule is CCOC(CC)(CC)c1nc(C(=O)OC)c(C)s1. The predicted molar refractivity (Wildman–Crippen MR) is 72.1 cm³/mol. The fourth-order valence-electron chi connectivity index (χ4n) is 1.97. The number of hydrogen-bond donors (Lipinski definition) is 0. The van der Waals surface area contributed by atoms with E-state index < -0.39 is 0 Å². The predicted octanol–water partition coefficient (Wildman–Crippen LogP) is 3.29. The van der Waals surface area contributed by atoms with Crippen molar-refractivity contribution in [2.45, 2.75) is 46.1 Å². The van der Waals surface area contributed by atoms with Gasteiger partial charge in [0.15, 0.2) is 5.69 Å². The molecule has 0 radical (unpaired) electrons. The average molecular weight is 271 g/mol. The zero-order valence-electron chi connectivity index (χ0n) is 11.7. The molecular weight excluding hydrogens is 250 g/mol. The molecule has 18 heavy (non-hydrogen) atoms. The van der Waals surface area contributed by atoms with Crippen molar-refractivity contribution >= 4 is 17.3 Å². The van der Waals surface area contributed by atoms with Crippen LogP contribution in [-0.4, -0.2) is 24.7 Å². The monoisotopic (exact) mass is 271 g/mol. The van der Waals surface area contributed by atoms with Crippen LogP contribution < -0.4 is 0 Å². The lowest BCUT2D eigenvalue weighted by atomic mass is 9.98. The molecule has 5 heteroatoms. The molecule has 1 aromatic rings. The molecule has 1 heterocycles. The maximum atomic E-state index is 11.6. The van der Waals surface area contributed by atoms with Crippen molar-refractivity contribution in [1.82, 2.24) is 4.98 Å². The summed E-state index contributed by atoms with van der Waals surface area (Å²) in [4.78, 5) is 16.9. The summed E-state index contributed by atoms with van der Waals surface area (Å²) in [6, 6.07) is 0. The van der Waals surface area contributed by atoms with Gasteiger partial charge in [-0.2, -0.15) is 0 Å². The molecule has 0 amide bonds. The molecule has 0 bridgehead atoms. The smallest absolute Gasteiger partial charge is 0.357 e. The van der Waals surface area contributed by atoms with Crippen molar-refractivity contribution in [3.05, 3.63) is 15.6 Å². The third-order valence-electron chi connectivity index (χ3n) is 3.13. The summed E-state index contributed by atoms with van der Waals surface area (Å²) in [5.74, 6) is -0.382. The van der Waals surface area contributed by atoms with Crippen molar-refractivity contribution < 1.29 is 14.3 Å². The Hall–Kier alpha value is -0.940. The van der Waals surface area contributed by atoms with Gasteiger partial charge in [0.1, 0.15) is 10.6 Å². The summed E-state index contributed by atoms with van der Waals surface area (Å²) in [7, 11) is 1.37. The second-order valence-corrected chi connectivity index (χ2v) is 5.25. The minimum absolute atomic E-state index is 0.379. The minimum Gasteiger partial charge on any atom is -0.464 e. The molecule has 0 aliphatic heterocycles. The average Bonchev–Trinajstić information content (AvgIpc) is 2.77. The molecule has 0 aromatic carbocycles. The largest absolute Gasteiger partial charge is 0.464 e. The van der Waals surface area contributed by atoms with Gasteiger partial charge in [-0.15, -0.1) is 11.3 Å². The van der Waals surface area contributed by atoms with Crippen molar-refractivity contribution in [2.24, 2.45) is 0 Å². The van der Waals surface area contributed by atoms with Crippen molar-refractivity contribution in [2.75, 3.05) is 13.7 Å². The Morgan fingerprint density at radius 2 is 1.94 bits per heavy atom. The molecule has 0 saturated carbocycles. The van der Waals surface area contributed by atoms with Crippen molar-refractivity contribution in [3.63, 3.8) is 0 Å². The van der Waals surface area contributed by atoms with Crippen LogP contribution in [-0.2, 0) is 15.1 Å². The molecule has 0 aliphatic carbocycles. The highest BCUT2D eigenvalue weighted by atomic mass is 32.1. The molecule has 0 N–H and O–H groups in total. The minimum atomic E-state index is -0.382. The number of thiazole rings is 1.